The van der Waals surface area contributed by atoms with Crippen LogP contribution in [0.25, 0.3) is 0 Å². The molecular formula is C16H21N3O2S. The fourth-order valence-electron chi connectivity index (χ4n) is 2.78. The third-order valence-electron chi connectivity index (χ3n) is 4.16. The van der Waals surface area contributed by atoms with Crippen LogP contribution in [0, 0.1) is 0 Å². The van der Waals surface area contributed by atoms with E-state index in [-0.39, 0.29) is 6.04 Å². The van der Waals surface area contributed by atoms with Crippen molar-refractivity contribution in [1.82, 2.24) is 14.2 Å². The monoisotopic (exact) mass is 319 g/mol. The van der Waals surface area contributed by atoms with Crippen LogP contribution in [0.1, 0.15) is 12.1 Å². The zero-order valence-electron chi connectivity index (χ0n) is 12.6. The molecule has 0 bridgehead atoms. The first-order valence-corrected chi connectivity index (χ1v) is 8.90. The number of aryl methyl sites for hydroxylation is 1. The van der Waals surface area contributed by atoms with Crippen LogP contribution in [-0.4, -0.2) is 36.4 Å². The van der Waals surface area contributed by atoms with E-state index < -0.39 is 10.0 Å². The summed E-state index contributed by atoms with van der Waals surface area (Å²) in [6.07, 6.45) is 2.86. The molecule has 6 heteroatoms. The van der Waals surface area contributed by atoms with Crippen molar-refractivity contribution in [3.63, 3.8) is 0 Å². The summed E-state index contributed by atoms with van der Waals surface area (Å²) in [6.45, 7) is 1.86. The maximum atomic E-state index is 12.6. The first kappa shape index (κ1) is 15.3. The Kier molecular flexibility index (Phi) is 4.33. The predicted molar refractivity (Wildman–Crippen MR) is 85.9 cm³/mol. The van der Waals surface area contributed by atoms with Crippen molar-refractivity contribution in [1.29, 1.82) is 0 Å². The highest BCUT2D eigenvalue weighted by atomic mass is 32.2. The van der Waals surface area contributed by atoms with Gasteiger partial charge in [-0.15, -0.1) is 0 Å². The van der Waals surface area contributed by atoms with E-state index in [2.05, 4.69) is 16.0 Å². The fraction of sp³-hybridized carbons (Fsp3) is 0.375. The van der Waals surface area contributed by atoms with Gasteiger partial charge in [-0.2, -0.15) is 4.31 Å². The molecule has 1 aliphatic rings. The Hall–Kier alpha value is -1.63. The standard InChI is InChI=1S/C16H21N3O2S/c1-18-10-5-6-15(18)12-17-14-9-11-19(13-14)22(20,21)16-7-3-2-4-8-16/h2-8,10,14,17H,9,11-13H2,1H3/t14-/m0/s1. The molecule has 0 aliphatic carbocycles. The van der Waals surface area contributed by atoms with Crippen molar-refractivity contribution in [3.05, 3.63) is 54.4 Å². The molecule has 0 spiro atoms. The highest BCUT2D eigenvalue weighted by Gasteiger charge is 2.32. The van der Waals surface area contributed by atoms with E-state index in [0.717, 1.165) is 13.0 Å². The molecule has 1 saturated heterocycles. The minimum atomic E-state index is -3.36. The largest absolute Gasteiger partial charge is 0.353 e. The highest BCUT2D eigenvalue weighted by molar-refractivity contribution is 7.89. The van der Waals surface area contributed by atoms with Crippen LogP contribution >= 0.6 is 0 Å². The van der Waals surface area contributed by atoms with Crippen molar-refractivity contribution in [2.24, 2.45) is 7.05 Å². The molecule has 2 heterocycles. The number of aromatic nitrogens is 1. The van der Waals surface area contributed by atoms with E-state index in [9.17, 15) is 8.42 Å². The molecule has 5 nitrogen and oxygen atoms in total. The number of hydrogen-bond donors (Lipinski definition) is 1. The molecule has 0 radical (unpaired) electrons. The van der Waals surface area contributed by atoms with Crippen molar-refractivity contribution in [3.8, 4) is 0 Å². The van der Waals surface area contributed by atoms with Crippen LogP contribution < -0.4 is 5.32 Å². The Bertz CT molecular complexity index is 725. The van der Waals surface area contributed by atoms with E-state index in [1.165, 1.54) is 5.69 Å². The van der Waals surface area contributed by atoms with E-state index >= 15 is 0 Å². The van der Waals surface area contributed by atoms with Gasteiger partial charge in [-0.25, -0.2) is 8.42 Å². The Balaban J connectivity index is 1.61. The predicted octanol–water partition coefficient (Wildman–Crippen LogP) is 1.58. The zero-order chi connectivity index (χ0) is 15.6. The Morgan fingerprint density at radius 2 is 1.95 bits per heavy atom. The Morgan fingerprint density at radius 3 is 2.64 bits per heavy atom. The van der Waals surface area contributed by atoms with Gasteiger partial charge in [0.15, 0.2) is 0 Å². The van der Waals surface area contributed by atoms with E-state index in [1.807, 2.05) is 25.4 Å². The fourth-order valence-corrected chi connectivity index (χ4v) is 4.30. The Labute approximate surface area is 131 Å². The lowest BCUT2D eigenvalue weighted by Gasteiger charge is -2.17. The minimum Gasteiger partial charge on any atom is -0.353 e. The van der Waals surface area contributed by atoms with Crippen LogP contribution in [0.3, 0.4) is 0 Å². The first-order chi connectivity index (χ1) is 10.6. The molecule has 118 valence electrons. The summed E-state index contributed by atoms with van der Waals surface area (Å²) in [6, 6.07) is 12.9. The van der Waals surface area contributed by atoms with E-state index in [0.29, 0.717) is 18.0 Å². The molecule has 1 aliphatic heterocycles. The summed E-state index contributed by atoms with van der Waals surface area (Å²) < 4.78 is 28.8. The van der Waals surface area contributed by atoms with Crippen molar-refractivity contribution < 1.29 is 8.42 Å². The Morgan fingerprint density at radius 1 is 1.18 bits per heavy atom. The zero-order valence-corrected chi connectivity index (χ0v) is 13.5. The molecule has 2 aromatic rings. The molecule has 0 amide bonds. The molecule has 1 N–H and O–H groups in total. The van der Waals surface area contributed by atoms with Gasteiger partial charge < -0.3 is 9.88 Å². The molecule has 22 heavy (non-hydrogen) atoms. The lowest BCUT2D eigenvalue weighted by Crippen LogP contribution is -2.35. The molecule has 1 atom stereocenters. The number of nitrogens with one attached hydrogen (secondary N) is 1. The van der Waals surface area contributed by atoms with Gasteiger partial charge in [0, 0.05) is 44.6 Å². The van der Waals surface area contributed by atoms with Crippen LogP contribution in [0.4, 0.5) is 0 Å². The van der Waals surface area contributed by atoms with Crippen LogP contribution in [0.5, 0.6) is 0 Å². The summed E-state index contributed by atoms with van der Waals surface area (Å²) in [5.74, 6) is 0. The summed E-state index contributed by atoms with van der Waals surface area (Å²) in [7, 11) is -1.35. The van der Waals surface area contributed by atoms with Crippen molar-refractivity contribution in [2.45, 2.75) is 23.9 Å². The smallest absolute Gasteiger partial charge is 0.243 e. The lowest BCUT2D eigenvalue weighted by molar-refractivity contribution is 0.454. The highest BCUT2D eigenvalue weighted by Crippen LogP contribution is 2.21. The van der Waals surface area contributed by atoms with Crippen molar-refractivity contribution >= 4 is 10.0 Å². The second-order valence-corrected chi connectivity index (χ2v) is 7.59. The maximum absolute atomic E-state index is 12.6. The van der Waals surface area contributed by atoms with E-state index in [4.69, 9.17) is 0 Å². The molecule has 1 aromatic carbocycles. The molecule has 0 unspecified atom stereocenters. The summed E-state index contributed by atoms with van der Waals surface area (Å²) >= 11 is 0. The number of nitrogens with zero attached hydrogens (tertiary/aromatic N) is 2. The molecule has 3 rings (SSSR count). The minimum absolute atomic E-state index is 0.202. The average molecular weight is 319 g/mol. The second-order valence-electron chi connectivity index (χ2n) is 5.65. The van der Waals surface area contributed by atoms with Gasteiger partial charge in [-0.1, -0.05) is 18.2 Å². The van der Waals surface area contributed by atoms with Gasteiger partial charge in [0.1, 0.15) is 0 Å². The SMILES string of the molecule is Cn1cccc1CN[C@H]1CCN(S(=O)(=O)c2ccccc2)C1. The maximum Gasteiger partial charge on any atom is 0.243 e. The van der Waals surface area contributed by atoms with Crippen LogP contribution in [0.2, 0.25) is 0 Å². The van der Waals surface area contributed by atoms with Gasteiger partial charge >= 0.3 is 0 Å². The average Bonchev–Trinajstić information content (AvgIpc) is 3.15. The normalized spacial score (nSPS) is 19.6. The summed E-state index contributed by atoms with van der Waals surface area (Å²) in [4.78, 5) is 0.373. The van der Waals surface area contributed by atoms with Gasteiger partial charge in [0.2, 0.25) is 10.0 Å². The van der Waals surface area contributed by atoms with Crippen molar-refractivity contribution in [2.75, 3.05) is 13.1 Å². The first-order valence-electron chi connectivity index (χ1n) is 7.46. The van der Waals surface area contributed by atoms with Gasteiger partial charge in [0.25, 0.3) is 0 Å². The number of sulfonamides is 1. The third kappa shape index (κ3) is 3.09. The quantitative estimate of drug-likeness (QED) is 0.910. The molecule has 1 aromatic heterocycles. The number of rotatable bonds is 5. The number of benzene rings is 1. The lowest BCUT2D eigenvalue weighted by atomic mass is 10.2. The van der Waals surface area contributed by atoms with Gasteiger partial charge in [-0.3, -0.25) is 0 Å². The summed E-state index contributed by atoms with van der Waals surface area (Å²) in [5, 5.41) is 3.45. The second kappa shape index (κ2) is 6.24. The van der Waals surface area contributed by atoms with Gasteiger partial charge in [-0.05, 0) is 30.7 Å². The van der Waals surface area contributed by atoms with Crippen LogP contribution in [-0.2, 0) is 23.6 Å². The van der Waals surface area contributed by atoms with Gasteiger partial charge in [0.05, 0.1) is 4.90 Å². The third-order valence-corrected chi connectivity index (χ3v) is 6.03. The van der Waals surface area contributed by atoms with E-state index in [1.54, 1.807) is 28.6 Å². The molecule has 1 fully saturated rings. The van der Waals surface area contributed by atoms with Crippen LogP contribution in [0.15, 0.2) is 53.6 Å². The molecule has 0 saturated carbocycles. The number of hydrogen-bond acceptors (Lipinski definition) is 3. The summed E-state index contributed by atoms with van der Waals surface area (Å²) in [5.41, 5.74) is 1.20. The molecular weight excluding hydrogens is 298 g/mol. The topological polar surface area (TPSA) is 54.3 Å².